The van der Waals surface area contributed by atoms with Gasteiger partial charge in [0.1, 0.15) is 6.04 Å². The van der Waals surface area contributed by atoms with E-state index in [1.165, 1.54) is 0 Å². The Morgan fingerprint density at radius 3 is 2.84 bits per heavy atom. The maximum Gasteiger partial charge on any atom is 0.319 e. The van der Waals surface area contributed by atoms with Gasteiger partial charge in [-0.15, -0.1) is 0 Å². The minimum Gasteiger partial charge on any atom is -0.331 e. The summed E-state index contributed by atoms with van der Waals surface area (Å²) in [5.41, 5.74) is 6.20. The Morgan fingerprint density at radius 1 is 1.44 bits per heavy atom. The Hall–Kier alpha value is -1.85. The molecular weight excluding hydrogens is 320 g/mol. The molecule has 0 aromatic heterocycles. The van der Waals surface area contributed by atoms with Gasteiger partial charge in [0.25, 0.3) is 0 Å². The van der Waals surface area contributed by atoms with Crippen LogP contribution in [0.5, 0.6) is 0 Å². The Bertz CT molecular complexity index is 588. The number of hydrogen-bond donors (Lipinski definition) is 2. The van der Waals surface area contributed by atoms with Crippen LogP contribution in [0.1, 0.15) is 25.7 Å². The molecule has 2 aliphatic heterocycles. The predicted molar refractivity (Wildman–Crippen MR) is 92.4 cm³/mol. The van der Waals surface area contributed by atoms with Gasteiger partial charge in [-0.2, -0.15) is 5.26 Å². The molecule has 2 heterocycles. The average molecular weight is 348 g/mol. The number of carbonyl (C=O) groups is 2. The smallest absolute Gasteiger partial charge is 0.319 e. The van der Waals surface area contributed by atoms with Crippen LogP contribution in [0.2, 0.25) is 0 Å². The number of nitrogens with one attached hydrogen (secondary N) is 1. The molecule has 25 heavy (non-hydrogen) atoms. The summed E-state index contributed by atoms with van der Waals surface area (Å²) in [6.45, 7) is 2.19. The maximum atomic E-state index is 12.3. The molecule has 8 nitrogen and oxygen atoms in total. The molecule has 2 saturated heterocycles. The molecule has 1 aliphatic carbocycles. The summed E-state index contributed by atoms with van der Waals surface area (Å²) in [6.07, 6.45) is 3.32. The van der Waals surface area contributed by atoms with E-state index < -0.39 is 0 Å². The van der Waals surface area contributed by atoms with Crippen LogP contribution < -0.4 is 11.1 Å². The number of urea groups is 1. The van der Waals surface area contributed by atoms with Crippen molar-refractivity contribution in [3.05, 3.63) is 0 Å². The number of nitriles is 1. The Kier molecular flexibility index (Phi) is 4.89. The van der Waals surface area contributed by atoms with Crippen molar-refractivity contribution in [1.29, 1.82) is 5.26 Å². The maximum absolute atomic E-state index is 12.3. The summed E-state index contributed by atoms with van der Waals surface area (Å²) < 4.78 is 0. The second kappa shape index (κ2) is 6.81. The quantitative estimate of drug-likeness (QED) is 0.719. The minimum atomic E-state index is -0.366. The van der Waals surface area contributed by atoms with Crippen molar-refractivity contribution in [2.75, 3.05) is 40.3 Å². The van der Waals surface area contributed by atoms with Gasteiger partial charge in [0.05, 0.1) is 12.6 Å². The molecule has 1 saturated carbocycles. The van der Waals surface area contributed by atoms with Gasteiger partial charge in [-0.05, 0) is 31.6 Å². The van der Waals surface area contributed by atoms with E-state index in [9.17, 15) is 9.59 Å². The number of nitrogens with two attached hydrogens (primary N) is 1. The van der Waals surface area contributed by atoms with Crippen LogP contribution in [-0.4, -0.2) is 84.5 Å². The van der Waals surface area contributed by atoms with Crippen LogP contribution in [0, 0.1) is 17.2 Å². The fourth-order valence-electron chi connectivity index (χ4n) is 4.54. The van der Waals surface area contributed by atoms with Gasteiger partial charge < -0.3 is 25.8 Å². The van der Waals surface area contributed by atoms with Crippen molar-refractivity contribution in [1.82, 2.24) is 20.0 Å². The van der Waals surface area contributed by atoms with Crippen molar-refractivity contribution in [3.8, 4) is 6.07 Å². The number of amides is 3. The zero-order valence-corrected chi connectivity index (χ0v) is 15.1. The van der Waals surface area contributed by atoms with Gasteiger partial charge in [0.2, 0.25) is 5.91 Å². The van der Waals surface area contributed by atoms with Gasteiger partial charge in [-0.3, -0.25) is 4.79 Å². The van der Waals surface area contributed by atoms with Gasteiger partial charge in [-0.1, -0.05) is 0 Å². The van der Waals surface area contributed by atoms with Gasteiger partial charge >= 0.3 is 6.03 Å². The molecule has 0 aromatic rings. The fraction of sp³-hybridized carbons (Fsp3) is 0.824. The number of carbonyl (C=O) groups excluding carboxylic acids is 2. The largest absolute Gasteiger partial charge is 0.331 e. The van der Waals surface area contributed by atoms with Crippen LogP contribution in [0.25, 0.3) is 0 Å². The Balaban J connectivity index is 1.49. The van der Waals surface area contributed by atoms with Crippen molar-refractivity contribution in [3.63, 3.8) is 0 Å². The zero-order valence-electron chi connectivity index (χ0n) is 15.1. The van der Waals surface area contributed by atoms with E-state index >= 15 is 0 Å². The molecule has 3 aliphatic rings. The van der Waals surface area contributed by atoms with E-state index in [2.05, 4.69) is 11.4 Å². The zero-order chi connectivity index (χ0) is 18.2. The molecule has 3 N–H and O–H groups in total. The van der Waals surface area contributed by atoms with Crippen molar-refractivity contribution in [2.45, 2.75) is 43.3 Å². The van der Waals surface area contributed by atoms with Crippen LogP contribution in [0.3, 0.4) is 0 Å². The lowest BCUT2D eigenvalue weighted by Gasteiger charge is -2.26. The molecule has 0 radical (unpaired) electrons. The third-order valence-corrected chi connectivity index (χ3v) is 5.85. The van der Waals surface area contributed by atoms with E-state index in [-0.39, 0.29) is 42.0 Å². The first kappa shape index (κ1) is 18.0. The monoisotopic (exact) mass is 348 g/mol. The summed E-state index contributed by atoms with van der Waals surface area (Å²) in [6, 6.07) is 2.13. The molecule has 4 atom stereocenters. The van der Waals surface area contributed by atoms with E-state index in [0.717, 1.165) is 25.7 Å². The second-order valence-corrected chi connectivity index (χ2v) is 7.88. The summed E-state index contributed by atoms with van der Waals surface area (Å²) >= 11 is 0. The summed E-state index contributed by atoms with van der Waals surface area (Å²) in [4.78, 5) is 29.6. The molecule has 0 bridgehead atoms. The molecule has 0 spiro atoms. The van der Waals surface area contributed by atoms with Crippen molar-refractivity contribution >= 4 is 11.9 Å². The lowest BCUT2D eigenvalue weighted by Crippen LogP contribution is -2.48. The van der Waals surface area contributed by atoms with Crippen molar-refractivity contribution in [2.24, 2.45) is 11.7 Å². The first-order valence-electron chi connectivity index (χ1n) is 9.01. The third-order valence-electron chi connectivity index (χ3n) is 5.85. The number of hydrogen-bond acceptors (Lipinski definition) is 5. The van der Waals surface area contributed by atoms with E-state index in [1.54, 1.807) is 23.9 Å². The first-order valence-corrected chi connectivity index (χ1v) is 9.01. The Morgan fingerprint density at radius 2 is 2.20 bits per heavy atom. The highest BCUT2D eigenvalue weighted by Gasteiger charge is 2.51. The third kappa shape index (κ3) is 3.44. The van der Waals surface area contributed by atoms with E-state index in [0.29, 0.717) is 19.6 Å². The summed E-state index contributed by atoms with van der Waals surface area (Å²) in [5.74, 6) is 0.263. The highest BCUT2D eigenvalue weighted by atomic mass is 16.2. The topological polar surface area (TPSA) is 106 Å². The molecule has 3 fully saturated rings. The van der Waals surface area contributed by atoms with Crippen LogP contribution >= 0.6 is 0 Å². The summed E-state index contributed by atoms with van der Waals surface area (Å²) in [7, 11) is 3.50. The van der Waals surface area contributed by atoms with Gasteiger partial charge in [0.15, 0.2) is 0 Å². The van der Waals surface area contributed by atoms with Crippen molar-refractivity contribution < 1.29 is 9.59 Å². The SMILES string of the molecule is CN(C)C(=O)N1CC2C[C@@H](NCC(=O)N3CCCC3C#N)C[C@]2(N)C1. The van der Waals surface area contributed by atoms with Gasteiger partial charge in [0, 0.05) is 45.3 Å². The van der Waals surface area contributed by atoms with Crippen LogP contribution in [-0.2, 0) is 4.79 Å². The van der Waals surface area contributed by atoms with Crippen LogP contribution in [0.4, 0.5) is 4.79 Å². The highest BCUT2D eigenvalue weighted by molar-refractivity contribution is 5.79. The molecule has 3 amide bonds. The number of fused-ring (bicyclic) bond motifs is 1. The number of rotatable bonds is 3. The number of nitrogens with zero attached hydrogens (tertiary/aromatic N) is 4. The second-order valence-electron chi connectivity index (χ2n) is 7.88. The fourth-order valence-corrected chi connectivity index (χ4v) is 4.54. The molecule has 0 aromatic carbocycles. The predicted octanol–water partition coefficient (Wildman–Crippen LogP) is -0.436. The molecule has 8 heteroatoms. The van der Waals surface area contributed by atoms with Crippen LogP contribution in [0.15, 0.2) is 0 Å². The van der Waals surface area contributed by atoms with E-state index in [4.69, 9.17) is 11.0 Å². The lowest BCUT2D eigenvalue weighted by atomic mass is 9.92. The normalized spacial score (nSPS) is 34.1. The summed E-state index contributed by atoms with van der Waals surface area (Å²) in [5, 5.41) is 12.4. The molecule has 3 rings (SSSR count). The highest BCUT2D eigenvalue weighted by Crippen LogP contribution is 2.40. The standard InChI is InChI=1S/C17H28N6O2/c1-21(2)16(25)22-10-12-6-13(7-17(12,19)11-22)20-9-15(24)23-5-3-4-14(23)8-18/h12-14,20H,3-7,9-11,19H2,1-2H3/t12?,13-,14?,17+/m1/s1. The van der Waals surface area contributed by atoms with E-state index in [1.807, 2.05) is 4.90 Å². The molecular formula is C17H28N6O2. The lowest BCUT2D eigenvalue weighted by molar-refractivity contribution is -0.130. The molecule has 138 valence electrons. The number of likely N-dealkylation sites (tertiary alicyclic amines) is 2. The van der Waals surface area contributed by atoms with Gasteiger partial charge in [-0.25, -0.2) is 4.79 Å². The first-order chi connectivity index (χ1) is 11.8. The minimum absolute atomic E-state index is 0.00315. The Labute approximate surface area is 148 Å². The average Bonchev–Trinajstić information content (AvgIpc) is 3.22. The molecule has 2 unspecified atom stereocenters.